The van der Waals surface area contributed by atoms with Crippen LogP contribution in [0.3, 0.4) is 0 Å². The van der Waals surface area contributed by atoms with Crippen molar-refractivity contribution in [2.75, 3.05) is 14.2 Å². The monoisotopic (exact) mass is 468 g/mol. The predicted octanol–water partition coefficient (Wildman–Crippen LogP) is 4.77. The quantitative estimate of drug-likeness (QED) is 0.174. The van der Waals surface area contributed by atoms with Crippen LogP contribution in [-0.4, -0.2) is 32.3 Å². The van der Waals surface area contributed by atoms with E-state index in [9.17, 15) is 9.59 Å². The van der Waals surface area contributed by atoms with Crippen LogP contribution < -0.4 is 19.6 Å². The Labute approximate surface area is 202 Å². The number of benzene rings is 4. The molecule has 0 unspecified atom stereocenters. The largest absolute Gasteiger partial charge is 0.493 e. The molecule has 0 atom stereocenters. The Balaban J connectivity index is 1.58. The SMILES string of the molecule is COc1ccc(C(=O)Oc2ccc3ccccc3c2/C=N/NC(=O)Cc2ccccc2)cc1OC. The van der Waals surface area contributed by atoms with Gasteiger partial charge in [-0.15, -0.1) is 0 Å². The summed E-state index contributed by atoms with van der Waals surface area (Å²) < 4.78 is 16.2. The molecule has 35 heavy (non-hydrogen) atoms. The molecule has 0 aliphatic heterocycles. The summed E-state index contributed by atoms with van der Waals surface area (Å²) in [5.74, 6) is 0.419. The minimum Gasteiger partial charge on any atom is -0.493 e. The van der Waals surface area contributed by atoms with Crippen LogP contribution in [0.2, 0.25) is 0 Å². The van der Waals surface area contributed by atoms with Gasteiger partial charge in [-0.1, -0.05) is 60.7 Å². The first-order valence-corrected chi connectivity index (χ1v) is 10.9. The zero-order valence-electron chi connectivity index (χ0n) is 19.4. The number of hydrazone groups is 1. The maximum atomic E-state index is 12.9. The van der Waals surface area contributed by atoms with E-state index in [1.54, 1.807) is 24.3 Å². The van der Waals surface area contributed by atoms with Crippen LogP contribution in [0.15, 0.2) is 90.0 Å². The number of carbonyl (C=O) groups excluding carboxylic acids is 2. The number of nitrogens with one attached hydrogen (secondary N) is 1. The first-order chi connectivity index (χ1) is 17.1. The number of fused-ring (bicyclic) bond motifs is 1. The molecule has 0 heterocycles. The number of nitrogens with zero attached hydrogens (tertiary/aromatic N) is 1. The van der Waals surface area contributed by atoms with E-state index in [1.807, 2.05) is 60.7 Å². The third-order valence-corrected chi connectivity index (χ3v) is 5.34. The van der Waals surface area contributed by atoms with Crippen LogP contribution in [0.1, 0.15) is 21.5 Å². The fraction of sp³-hybridized carbons (Fsp3) is 0.107. The third-order valence-electron chi connectivity index (χ3n) is 5.34. The van der Waals surface area contributed by atoms with Crippen molar-refractivity contribution in [3.05, 3.63) is 102 Å². The molecule has 0 bridgehead atoms. The summed E-state index contributed by atoms with van der Waals surface area (Å²) in [5.41, 5.74) is 4.30. The molecule has 7 heteroatoms. The molecule has 7 nitrogen and oxygen atoms in total. The molecule has 0 fully saturated rings. The predicted molar refractivity (Wildman–Crippen MR) is 134 cm³/mol. The second-order valence-electron chi connectivity index (χ2n) is 7.61. The van der Waals surface area contributed by atoms with Gasteiger partial charge in [0.2, 0.25) is 5.91 Å². The van der Waals surface area contributed by atoms with Crippen molar-refractivity contribution in [1.82, 2.24) is 5.43 Å². The topological polar surface area (TPSA) is 86.2 Å². The van der Waals surface area contributed by atoms with Gasteiger partial charge >= 0.3 is 5.97 Å². The highest BCUT2D eigenvalue weighted by atomic mass is 16.5. The molecule has 0 saturated carbocycles. The maximum Gasteiger partial charge on any atom is 0.343 e. The Morgan fingerprint density at radius 1 is 0.829 bits per heavy atom. The van der Waals surface area contributed by atoms with Crippen LogP contribution in [0.4, 0.5) is 0 Å². The van der Waals surface area contributed by atoms with Gasteiger partial charge in [0.1, 0.15) is 5.75 Å². The number of esters is 1. The van der Waals surface area contributed by atoms with E-state index >= 15 is 0 Å². The normalized spacial score (nSPS) is 10.8. The van der Waals surface area contributed by atoms with Crippen molar-refractivity contribution < 1.29 is 23.8 Å². The number of rotatable bonds is 8. The zero-order valence-corrected chi connectivity index (χ0v) is 19.4. The molecule has 1 amide bonds. The molecule has 0 spiro atoms. The summed E-state index contributed by atoms with van der Waals surface area (Å²) in [7, 11) is 3.02. The average molecular weight is 469 g/mol. The van der Waals surface area contributed by atoms with Crippen molar-refractivity contribution in [2.24, 2.45) is 5.10 Å². The van der Waals surface area contributed by atoms with E-state index in [-0.39, 0.29) is 12.3 Å². The average Bonchev–Trinajstić information content (AvgIpc) is 2.89. The fourth-order valence-electron chi connectivity index (χ4n) is 3.61. The number of ether oxygens (including phenoxy) is 3. The molecule has 0 aromatic heterocycles. The summed E-state index contributed by atoms with van der Waals surface area (Å²) in [6.07, 6.45) is 1.69. The molecule has 1 N–H and O–H groups in total. The van der Waals surface area contributed by atoms with E-state index < -0.39 is 5.97 Å². The lowest BCUT2D eigenvalue weighted by atomic mass is 10.0. The molecular weight excluding hydrogens is 444 g/mol. The number of hydrogen-bond acceptors (Lipinski definition) is 6. The van der Waals surface area contributed by atoms with Gasteiger partial charge in [-0.2, -0.15) is 5.10 Å². The first-order valence-electron chi connectivity index (χ1n) is 10.9. The summed E-state index contributed by atoms with van der Waals surface area (Å²) in [6.45, 7) is 0. The summed E-state index contributed by atoms with van der Waals surface area (Å²) in [6, 6.07) is 25.4. The van der Waals surface area contributed by atoms with Gasteiger partial charge in [-0.05, 0) is 40.6 Å². The molecule has 176 valence electrons. The third kappa shape index (κ3) is 5.65. The maximum absolute atomic E-state index is 12.9. The lowest BCUT2D eigenvalue weighted by Gasteiger charge is -2.12. The smallest absolute Gasteiger partial charge is 0.343 e. The van der Waals surface area contributed by atoms with Gasteiger partial charge in [-0.3, -0.25) is 4.79 Å². The van der Waals surface area contributed by atoms with Crippen molar-refractivity contribution in [3.8, 4) is 17.2 Å². The Morgan fingerprint density at radius 2 is 1.54 bits per heavy atom. The Kier molecular flexibility index (Phi) is 7.37. The van der Waals surface area contributed by atoms with Gasteiger partial charge in [-0.25, -0.2) is 10.2 Å². The lowest BCUT2D eigenvalue weighted by molar-refractivity contribution is -0.120. The number of amides is 1. The van der Waals surface area contributed by atoms with Crippen LogP contribution >= 0.6 is 0 Å². The summed E-state index contributed by atoms with van der Waals surface area (Å²) >= 11 is 0. The van der Waals surface area contributed by atoms with Crippen LogP contribution in [0.5, 0.6) is 17.2 Å². The van der Waals surface area contributed by atoms with Crippen LogP contribution in [0, 0.1) is 0 Å². The second kappa shape index (κ2) is 11.0. The highest BCUT2D eigenvalue weighted by Gasteiger charge is 2.16. The van der Waals surface area contributed by atoms with E-state index in [0.717, 1.165) is 16.3 Å². The second-order valence-corrected chi connectivity index (χ2v) is 7.61. The molecular formula is C28H24N2O5. The van der Waals surface area contributed by atoms with Crippen molar-refractivity contribution in [3.63, 3.8) is 0 Å². The Bertz CT molecular complexity index is 1380. The Hall–Kier alpha value is -4.65. The molecule has 0 aliphatic carbocycles. The molecule has 4 aromatic carbocycles. The summed E-state index contributed by atoms with van der Waals surface area (Å²) in [4.78, 5) is 25.2. The van der Waals surface area contributed by atoms with E-state index in [2.05, 4.69) is 10.5 Å². The highest BCUT2D eigenvalue weighted by molar-refractivity contribution is 6.04. The van der Waals surface area contributed by atoms with Gasteiger partial charge in [0.25, 0.3) is 0 Å². The highest BCUT2D eigenvalue weighted by Crippen LogP contribution is 2.30. The lowest BCUT2D eigenvalue weighted by Crippen LogP contribution is -2.19. The van der Waals surface area contributed by atoms with E-state index in [1.165, 1.54) is 20.4 Å². The van der Waals surface area contributed by atoms with Gasteiger partial charge in [0, 0.05) is 5.56 Å². The van der Waals surface area contributed by atoms with Crippen LogP contribution in [-0.2, 0) is 11.2 Å². The number of carbonyl (C=O) groups is 2. The van der Waals surface area contributed by atoms with Gasteiger partial charge in [0.05, 0.1) is 32.4 Å². The molecule has 4 rings (SSSR count). The fourth-order valence-corrected chi connectivity index (χ4v) is 3.61. The van der Waals surface area contributed by atoms with Crippen molar-refractivity contribution >= 4 is 28.9 Å². The number of methoxy groups -OCH3 is 2. The molecule has 0 aliphatic rings. The minimum atomic E-state index is -0.566. The number of hydrogen-bond donors (Lipinski definition) is 1. The Morgan fingerprint density at radius 3 is 2.31 bits per heavy atom. The van der Waals surface area contributed by atoms with Crippen molar-refractivity contribution in [2.45, 2.75) is 6.42 Å². The van der Waals surface area contributed by atoms with E-state index in [0.29, 0.717) is 28.4 Å². The van der Waals surface area contributed by atoms with Crippen molar-refractivity contribution in [1.29, 1.82) is 0 Å². The van der Waals surface area contributed by atoms with Gasteiger partial charge in [0.15, 0.2) is 11.5 Å². The van der Waals surface area contributed by atoms with Crippen LogP contribution in [0.25, 0.3) is 10.8 Å². The molecule has 4 aromatic rings. The standard InChI is InChI=1S/C28H24N2O5/c1-33-25-15-13-21(17-26(25)34-2)28(32)35-24-14-12-20-10-6-7-11-22(20)23(24)18-29-30-27(31)16-19-8-4-3-5-9-19/h3-15,17-18H,16H2,1-2H3,(H,30,31)/b29-18+. The summed E-state index contributed by atoms with van der Waals surface area (Å²) in [5, 5.41) is 5.89. The minimum absolute atomic E-state index is 0.203. The zero-order chi connectivity index (χ0) is 24.6. The molecule has 0 radical (unpaired) electrons. The first kappa shape index (κ1) is 23.5. The van der Waals surface area contributed by atoms with E-state index in [4.69, 9.17) is 14.2 Å². The molecule has 0 saturated heterocycles. The van der Waals surface area contributed by atoms with Gasteiger partial charge < -0.3 is 14.2 Å².